The minimum Gasteiger partial charge on any atom is -0.466 e. The Morgan fingerprint density at radius 1 is 1.50 bits per heavy atom. The van der Waals surface area contributed by atoms with Crippen LogP contribution in [0.3, 0.4) is 0 Å². The smallest absolute Gasteiger partial charge is 0.310 e. The first-order valence-corrected chi connectivity index (χ1v) is 7.29. The lowest BCUT2D eigenvalue weighted by Gasteiger charge is -2.19. The first-order chi connectivity index (χ1) is 8.58. The van der Waals surface area contributed by atoms with Gasteiger partial charge in [0.05, 0.1) is 23.2 Å². The minimum absolute atomic E-state index is 0.0795. The van der Waals surface area contributed by atoms with Crippen LogP contribution in [-0.4, -0.2) is 23.6 Å². The summed E-state index contributed by atoms with van der Waals surface area (Å²) < 4.78 is 5.01. The van der Waals surface area contributed by atoms with Gasteiger partial charge in [0.2, 0.25) is 0 Å². The van der Waals surface area contributed by atoms with Crippen molar-refractivity contribution in [1.82, 2.24) is 10.3 Å². The molecule has 0 amide bonds. The van der Waals surface area contributed by atoms with Crippen LogP contribution in [0.25, 0.3) is 0 Å². The van der Waals surface area contributed by atoms with Crippen molar-refractivity contribution in [2.75, 3.05) is 6.61 Å². The number of hydrogen-bond acceptors (Lipinski definition) is 5. The van der Waals surface area contributed by atoms with Crippen molar-refractivity contribution in [3.8, 4) is 0 Å². The number of aromatic nitrogens is 1. The Hall–Kier alpha value is -0.940. The number of carbonyl (C=O) groups excluding carboxylic acids is 1. The second-order valence-electron chi connectivity index (χ2n) is 4.30. The number of aryl methyl sites for hydroxylation is 1. The van der Waals surface area contributed by atoms with Gasteiger partial charge in [0.15, 0.2) is 0 Å². The summed E-state index contributed by atoms with van der Waals surface area (Å²) in [6.07, 6.45) is 0.972. The zero-order valence-corrected chi connectivity index (χ0v) is 12.3. The van der Waals surface area contributed by atoms with Crippen molar-refractivity contribution in [2.24, 2.45) is 5.92 Å². The standard InChI is InChI=1S/C13H22N2O2S/c1-5-12-15-11(8-18-12)7-14-10(4)9(3)13(16)17-6-2/h8-10,14H,5-7H2,1-4H3/t9-,10-/m1/s1. The fraction of sp³-hybridized carbons (Fsp3) is 0.692. The monoisotopic (exact) mass is 270 g/mol. The maximum Gasteiger partial charge on any atom is 0.310 e. The van der Waals surface area contributed by atoms with Crippen LogP contribution in [0, 0.1) is 5.92 Å². The van der Waals surface area contributed by atoms with Gasteiger partial charge in [0.25, 0.3) is 0 Å². The Bertz CT molecular complexity index is 379. The third-order valence-corrected chi connectivity index (χ3v) is 3.96. The number of carbonyl (C=O) groups is 1. The molecular weight excluding hydrogens is 248 g/mol. The van der Waals surface area contributed by atoms with Crippen molar-refractivity contribution in [3.63, 3.8) is 0 Å². The highest BCUT2D eigenvalue weighted by atomic mass is 32.1. The van der Waals surface area contributed by atoms with E-state index in [4.69, 9.17) is 4.74 Å². The highest BCUT2D eigenvalue weighted by Gasteiger charge is 2.20. The first-order valence-electron chi connectivity index (χ1n) is 6.41. The molecular formula is C13H22N2O2S. The number of ether oxygens (including phenoxy) is 1. The van der Waals surface area contributed by atoms with Gasteiger partial charge in [-0.2, -0.15) is 0 Å². The Balaban J connectivity index is 2.40. The molecule has 1 aromatic rings. The summed E-state index contributed by atoms with van der Waals surface area (Å²) >= 11 is 1.68. The molecule has 0 fully saturated rings. The van der Waals surface area contributed by atoms with Gasteiger partial charge >= 0.3 is 5.97 Å². The van der Waals surface area contributed by atoms with Crippen LogP contribution in [0.15, 0.2) is 5.38 Å². The Morgan fingerprint density at radius 2 is 2.22 bits per heavy atom. The third kappa shape index (κ3) is 4.38. The van der Waals surface area contributed by atoms with Crippen molar-refractivity contribution < 1.29 is 9.53 Å². The number of hydrogen-bond donors (Lipinski definition) is 1. The Morgan fingerprint density at radius 3 is 2.78 bits per heavy atom. The Labute approximate surface area is 113 Å². The molecule has 0 aliphatic rings. The van der Waals surface area contributed by atoms with Gasteiger partial charge in [0, 0.05) is 18.0 Å². The third-order valence-electron chi connectivity index (χ3n) is 2.92. The lowest BCUT2D eigenvalue weighted by molar-refractivity contribution is -0.148. The van der Waals surface area contributed by atoms with Crippen molar-refractivity contribution in [1.29, 1.82) is 0 Å². The van der Waals surface area contributed by atoms with Crippen LogP contribution in [0.2, 0.25) is 0 Å². The summed E-state index contributed by atoms with van der Waals surface area (Å²) in [5.74, 6) is -0.292. The zero-order chi connectivity index (χ0) is 13.5. The number of esters is 1. The van der Waals surface area contributed by atoms with Crippen LogP contribution in [0.5, 0.6) is 0 Å². The van der Waals surface area contributed by atoms with Crippen molar-refractivity contribution in [2.45, 2.75) is 46.7 Å². The lowest BCUT2D eigenvalue weighted by Crippen LogP contribution is -2.36. The topological polar surface area (TPSA) is 51.2 Å². The van der Waals surface area contributed by atoms with Crippen molar-refractivity contribution in [3.05, 3.63) is 16.1 Å². The SMILES string of the molecule is CCOC(=O)[C@H](C)[C@@H](C)NCc1csc(CC)n1. The summed E-state index contributed by atoms with van der Waals surface area (Å²) in [5.41, 5.74) is 1.04. The second-order valence-corrected chi connectivity index (χ2v) is 5.24. The normalized spacial score (nSPS) is 14.2. The maximum atomic E-state index is 11.6. The number of nitrogens with one attached hydrogen (secondary N) is 1. The molecule has 0 unspecified atom stereocenters. The molecule has 1 N–H and O–H groups in total. The van der Waals surface area contributed by atoms with E-state index in [9.17, 15) is 4.79 Å². The molecule has 0 bridgehead atoms. The first kappa shape index (κ1) is 15.1. The molecule has 0 aliphatic heterocycles. The summed E-state index contributed by atoms with van der Waals surface area (Å²) in [6, 6.07) is 0.0795. The van der Waals surface area contributed by atoms with E-state index in [0.717, 1.165) is 17.1 Å². The number of nitrogens with zero attached hydrogens (tertiary/aromatic N) is 1. The van der Waals surface area contributed by atoms with Crippen LogP contribution >= 0.6 is 11.3 Å². The van der Waals surface area contributed by atoms with Gasteiger partial charge in [0.1, 0.15) is 0 Å². The minimum atomic E-state index is -0.148. The molecule has 2 atom stereocenters. The molecule has 0 radical (unpaired) electrons. The van der Waals surface area contributed by atoms with Crippen LogP contribution < -0.4 is 5.32 Å². The predicted molar refractivity (Wildman–Crippen MR) is 73.6 cm³/mol. The summed E-state index contributed by atoms with van der Waals surface area (Å²) in [7, 11) is 0. The fourth-order valence-electron chi connectivity index (χ4n) is 1.51. The van der Waals surface area contributed by atoms with Gasteiger partial charge in [-0.15, -0.1) is 11.3 Å². The maximum absolute atomic E-state index is 11.6. The van der Waals surface area contributed by atoms with Crippen LogP contribution in [0.1, 0.15) is 38.4 Å². The highest BCUT2D eigenvalue weighted by molar-refractivity contribution is 7.09. The van der Waals surface area contributed by atoms with Gasteiger partial charge in [-0.3, -0.25) is 4.79 Å². The van der Waals surface area contributed by atoms with E-state index in [1.165, 1.54) is 0 Å². The fourth-order valence-corrected chi connectivity index (χ4v) is 2.26. The zero-order valence-electron chi connectivity index (χ0n) is 11.5. The Kier molecular flexibility index (Phi) is 6.29. The number of thiazole rings is 1. The molecule has 0 saturated heterocycles. The van der Waals surface area contributed by atoms with Gasteiger partial charge in [-0.25, -0.2) is 4.98 Å². The average molecular weight is 270 g/mol. The lowest BCUT2D eigenvalue weighted by atomic mass is 10.0. The van der Waals surface area contributed by atoms with E-state index in [-0.39, 0.29) is 17.9 Å². The molecule has 0 aromatic carbocycles. The molecule has 1 aromatic heterocycles. The largest absolute Gasteiger partial charge is 0.466 e. The van der Waals surface area contributed by atoms with Crippen LogP contribution in [-0.2, 0) is 22.5 Å². The predicted octanol–water partition coefficient (Wildman–Crippen LogP) is 2.38. The van der Waals surface area contributed by atoms with E-state index >= 15 is 0 Å². The quantitative estimate of drug-likeness (QED) is 0.773. The summed E-state index contributed by atoms with van der Waals surface area (Å²) in [4.78, 5) is 16.1. The molecule has 5 heteroatoms. The molecule has 1 rings (SSSR count). The van der Waals surface area contributed by atoms with E-state index in [1.807, 2.05) is 20.8 Å². The molecule has 0 spiro atoms. The highest BCUT2D eigenvalue weighted by Crippen LogP contribution is 2.11. The van der Waals surface area contributed by atoms with Crippen molar-refractivity contribution >= 4 is 17.3 Å². The van der Waals surface area contributed by atoms with Gasteiger partial charge in [-0.05, 0) is 20.3 Å². The van der Waals surface area contributed by atoms with Gasteiger partial charge < -0.3 is 10.1 Å². The van der Waals surface area contributed by atoms with E-state index < -0.39 is 0 Å². The molecule has 18 heavy (non-hydrogen) atoms. The van der Waals surface area contributed by atoms with E-state index in [1.54, 1.807) is 11.3 Å². The molecule has 1 heterocycles. The summed E-state index contributed by atoms with van der Waals surface area (Å²) in [6.45, 7) is 8.93. The number of rotatable bonds is 7. The molecule has 102 valence electrons. The second kappa shape index (κ2) is 7.48. The summed E-state index contributed by atoms with van der Waals surface area (Å²) in [5, 5.41) is 6.53. The average Bonchev–Trinajstić information content (AvgIpc) is 2.83. The molecule has 0 saturated carbocycles. The molecule has 4 nitrogen and oxygen atoms in total. The van der Waals surface area contributed by atoms with Crippen LogP contribution in [0.4, 0.5) is 0 Å². The van der Waals surface area contributed by atoms with E-state index in [2.05, 4.69) is 22.6 Å². The van der Waals surface area contributed by atoms with Gasteiger partial charge in [-0.1, -0.05) is 13.8 Å². The molecule has 0 aliphatic carbocycles. The van der Waals surface area contributed by atoms with E-state index in [0.29, 0.717) is 13.2 Å².